The minimum Gasteiger partial charge on any atom is -0.299 e. The SMILES string of the molecule is CC(C)CC(C)N(C)Cc1cccc(C#N)c1F. The Morgan fingerprint density at radius 3 is 2.56 bits per heavy atom. The lowest BCUT2D eigenvalue weighted by atomic mass is 10.0. The average Bonchev–Trinajstić information content (AvgIpc) is 2.30. The molecule has 1 unspecified atom stereocenters. The zero-order valence-electron chi connectivity index (χ0n) is 11.6. The smallest absolute Gasteiger partial charge is 0.145 e. The van der Waals surface area contributed by atoms with E-state index < -0.39 is 0 Å². The van der Waals surface area contributed by atoms with Gasteiger partial charge in [0.15, 0.2) is 0 Å². The Morgan fingerprint density at radius 1 is 1.33 bits per heavy atom. The van der Waals surface area contributed by atoms with Crippen molar-refractivity contribution in [3.63, 3.8) is 0 Å². The molecule has 0 aliphatic heterocycles. The summed E-state index contributed by atoms with van der Waals surface area (Å²) in [5, 5.41) is 8.80. The standard InChI is InChI=1S/C15H21FN2/c1-11(2)8-12(3)18(4)10-14-7-5-6-13(9-17)15(14)16/h5-7,11-12H,8,10H2,1-4H3. The second-order valence-electron chi connectivity index (χ2n) is 5.28. The second-order valence-corrected chi connectivity index (χ2v) is 5.28. The van der Waals surface area contributed by atoms with Gasteiger partial charge in [-0.05, 0) is 32.4 Å². The highest BCUT2D eigenvalue weighted by Gasteiger charge is 2.14. The van der Waals surface area contributed by atoms with Crippen LogP contribution in [0.15, 0.2) is 18.2 Å². The Bertz CT molecular complexity index is 435. The third-order valence-corrected chi connectivity index (χ3v) is 3.18. The van der Waals surface area contributed by atoms with Crippen LogP contribution in [-0.2, 0) is 6.54 Å². The molecule has 2 nitrogen and oxygen atoms in total. The molecule has 0 aromatic heterocycles. The van der Waals surface area contributed by atoms with Crippen molar-refractivity contribution in [1.82, 2.24) is 4.90 Å². The van der Waals surface area contributed by atoms with Gasteiger partial charge >= 0.3 is 0 Å². The molecular weight excluding hydrogens is 227 g/mol. The molecule has 0 saturated carbocycles. The third-order valence-electron chi connectivity index (χ3n) is 3.18. The van der Waals surface area contributed by atoms with Crippen molar-refractivity contribution in [3.05, 3.63) is 35.1 Å². The van der Waals surface area contributed by atoms with E-state index in [1.54, 1.807) is 12.1 Å². The molecule has 1 aromatic rings. The summed E-state index contributed by atoms with van der Waals surface area (Å²) in [6.45, 7) is 7.05. The van der Waals surface area contributed by atoms with Crippen molar-refractivity contribution in [3.8, 4) is 6.07 Å². The first-order chi connectivity index (χ1) is 8.45. The van der Waals surface area contributed by atoms with Gasteiger partial charge in [0.1, 0.15) is 11.9 Å². The number of benzene rings is 1. The van der Waals surface area contributed by atoms with Gasteiger partial charge in [-0.3, -0.25) is 4.90 Å². The van der Waals surface area contributed by atoms with Crippen LogP contribution in [0.25, 0.3) is 0 Å². The highest BCUT2D eigenvalue weighted by molar-refractivity contribution is 5.34. The van der Waals surface area contributed by atoms with Crippen molar-refractivity contribution in [2.45, 2.75) is 39.8 Å². The van der Waals surface area contributed by atoms with Crippen molar-refractivity contribution < 1.29 is 4.39 Å². The molecule has 0 amide bonds. The van der Waals surface area contributed by atoms with Crippen molar-refractivity contribution >= 4 is 0 Å². The summed E-state index contributed by atoms with van der Waals surface area (Å²) in [5.74, 6) is 0.237. The predicted octanol–water partition coefficient (Wildman–Crippen LogP) is 3.56. The molecule has 3 heteroatoms. The Balaban J connectivity index is 2.76. The normalized spacial score (nSPS) is 12.8. The van der Waals surface area contributed by atoms with Gasteiger partial charge in [0.05, 0.1) is 5.56 Å². The molecule has 0 bridgehead atoms. The molecule has 98 valence electrons. The molecule has 0 aliphatic rings. The summed E-state index contributed by atoms with van der Waals surface area (Å²) in [5.41, 5.74) is 0.713. The lowest BCUT2D eigenvalue weighted by molar-refractivity contribution is 0.218. The van der Waals surface area contributed by atoms with Crippen LogP contribution in [0.5, 0.6) is 0 Å². The molecule has 18 heavy (non-hydrogen) atoms. The summed E-state index contributed by atoms with van der Waals surface area (Å²) in [4.78, 5) is 2.12. The molecule has 0 radical (unpaired) electrons. The molecule has 0 saturated heterocycles. The largest absolute Gasteiger partial charge is 0.299 e. The van der Waals surface area contributed by atoms with E-state index >= 15 is 0 Å². The maximum absolute atomic E-state index is 13.9. The highest BCUT2D eigenvalue weighted by atomic mass is 19.1. The minimum absolute atomic E-state index is 0.123. The maximum Gasteiger partial charge on any atom is 0.145 e. The van der Waals surface area contributed by atoms with E-state index in [0.717, 1.165) is 6.42 Å². The lowest BCUT2D eigenvalue weighted by Crippen LogP contribution is -2.30. The fourth-order valence-corrected chi connectivity index (χ4v) is 2.07. The van der Waals surface area contributed by atoms with E-state index in [9.17, 15) is 4.39 Å². The Kier molecular flexibility index (Phi) is 5.30. The molecule has 1 atom stereocenters. The first-order valence-electron chi connectivity index (χ1n) is 6.33. The molecule has 1 aromatic carbocycles. The number of hydrogen-bond donors (Lipinski definition) is 0. The molecular formula is C15H21FN2. The van der Waals surface area contributed by atoms with Crippen LogP contribution < -0.4 is 0 Å². The summed E-state index contributed by atoms with van der Waals surface area (Å²) < 4.78 is 13.9. The summed E-state index contributed by atoms with van der Waals surface area (Å²) >= 11 is 0. The Hall–Kier alpha value is -1.40. The monoisotopic (exact) mass is 248 g/mol. The fraction of sp³-hybridized carbons (Fsp3) is 0.533. The van der Waals surface area contributed by atoms with Gasteiger partial charge < -0.3 is 0 Å². The maximum atomic E-state index is 13.9. The van der Waals surface area contributed by atoms with Gasteiger partial charge in [0.25, 0.3) is 0 Å². The zero-order valence-corrected chi connectivity index (χ0v) is 11.6. The van der Waals surface area contributed by atoms with Gasteiger partial charge in [-0.2, -0.15) is 5.26 Å². The molecule has 0 fully saturated rings. The van der Waals surface area contributed by atoms with Crippen molar-refractivity contribution in [2.24, 2.45) is 5.92 Å². The minimum atomic E-state index is -0.386. The fourth-order valence-electron chi connectivity index (χ4n) is 2.07. The number of halogens is 1. The van der Waals surface area contributed by atoms with Gasteiger partial charge in [-0.1, -0.05) is 26.0 Å². The van der Waals surface area contributed by atoms with Crippen LogP contribution in [0.1, 0.15) is 38.3 Å². The topological polar surface area (TPSA) is 27.0 Å². The average molecular weight is 248 g/mol. The number of rotatable bonds is 5. The van der Waals surface area contributed by atoms with Crippen LogP contribution >= 0.6 is 0 Å². The Labute approximate surface area is 109 Å². The van der Waals surface area contributed by atoms with E-state index in [-0.39, 0.29) is 11.4 Å². The summed E-state index contributed by atoms with van der Waals surface area (Å²) in [7, 11) is 1.99. The summed E-state index contributed by atoms with van der Waals surface area (Å²) in [6, 6.07) is 7.26. The van der Waals surface area contributed by atoms with Gasteiger partial charge in [0.2, 0.25) is 0 Å². The van der Waals surface area contributed by atoms with E-state index in [1.807, 2.05) is 13.1 Å². The number of hydrogen-bond acceptors (Lipinski definition) is 2. The zero-order chi connectivity index (χ0) is 13.7. The Morgan fingerprint density at radius 2 is 2.00 bits per heavy atom. The van der Waals surface area contributed by atoms with Crippen LogP contribution in [0, 0.1) is 23.1 Å². The van der Waals surface area contributed by atoms with Crippen LogP contribution in [-0.4, -0.2) is 18.0 Å². The molecule has 0 heterocycles. The summed E-state index contributed by atoms with van der Waals surface area (Å²) in [6.07, 6.45) is 1.08. The van der Waals surface area contributed by atoms with Crippen LogP contribution in [0.4, 0.5) is 4.39 Å². The van der Waals surface area contributed by atoms with Crippen molar-refractivity contribution in [2.75, 3.05) is 7.05 Å². The lowest BCUT2D eigenvalue weighted by Gasteiger charge is -2.26. The quantitative estimate of drug-likeness (QED) is 0.796. The number of nitrogens with zero attached hydrogens (tertiary/aromatic N) is 2. The first kappa shape index (κ1) is 14.7. The van der Waals surface area contributed by atoms with Crippen molar-refractivity contribution in [1.29, 1.82) is 5.26 Å². The third kappa shape index (κ3) is 3.82. The molecule has 0 aliphatic carbocycles. The van der Waals surface area contributed by atoms with E-state index in [1.165, 1.54) is 6.07 Å². The van der Waals surface area contributed by atoms with Gasteiger partial charge in [0, 0.05) is 18.2 Å². The van der Waals surface area contributed by atoms with Crippen LogP contribution in [0.2, 0.25) is 0 Å². The van der Waals surface area contributed by atoms with Gasteiger partial charge in [-0.15, -0.1) is 0 Å². The molecule has 0 N–H and O–H groups in total. The predicted molar refractivity (Wildman–Crippen MR) is 71.5 cm³/mol. The van der Waals surface area contributed by atoms with Crippen LogP contribution in [0.3, 0.4) is 0 Å². The highest BCUT2D eigenvalue weighted by Crippen LogP contribution is 2.17. The van der Waals surface area contributed by atoms with Gasteiger partial charge in [-0.25, -0.2) is 4.39 Å². The second kappa shape index (κ2) is 6.51. The molecule has 1 rings (SSSR count). The van der Waals surface area contributed by atoms with E-state index in [4.69, 9.17) is 5.26 Å². The number of nitriles is 1. The van der Waals surface area contributed by atoms with E-state index in [2.05, 4.69) is 25.7 Å². The molecule has 0 spiro atoms. The van der Waals surface area contributed by atoms with E-state index in [0.29, 0.717) is 24.1 Å². The first-order valence-corrected chi connectivity index (χ1v) is 6.33.